The largest absolute Gasteiger partial charge is 0.444 e. The highest BCUT2D eigenvalue weighted by Gasteiger charge is 2.38. The van der Waals surface area contributed by atoms with Crippen LogP contribution in [-0.4, -0.2) is 21.2 Å². The summed E-state index contributed by atoms with van der Waals surface area (Å²) in [6, 6.07) is 1.45. The molecule has 0 aliphatic rings. The third-order valence-corrected chi connectivity index (χ3v) is 4.08. The minimum Gasteiger partial charge on any atom is -0.444 e. The van der Waals surface area contributed by atoms with Crippen LogP contribution < -0.4 is 5.32 Å². The van der Waals surface area contributed by atoms with Crippen LogP contribution in [0, 0.1) is 4.77 Å². The molecular formula is C18H19F6N3O2S. The lowest BCUT2D eigenvalue weighted by Crippen LogP contribution is -2.32. The van der Waals surface area contributed by atoms with E-state index in [9.17, 15) is 31.1 Å². The zero-order valence-corrected chi connectivity index (χ0v) is 17.0. The highest BCUT2D eigenvalue weighted by Crippen LogP contribution is 2.37. The molecule has 1 heterocycles. The van der Waals surface area contributed by atoms with Gasteiger partial charge in [0.05, 0.1) is 29.9 Å². The molecule has 1 aromatic heterocycles. The summed E-state index contributed by atoms with van der Waals surface area (Å²) in [5.74, 6) is 0. The molecule has 1 amide bonds. The molecule has 5 nitrogen and oxygen atoms in total. The zero-order chi connectivity index (χ0) is 22.9. The molecule has 0 unspecified atom stereocenters. The van der Waals surface area contributed by atoms with Gasteiger partial charge in [0.15, 0.2) is 4.77 Å². The molecule has 0 aliphatic carbocycles. The second-order valence-corrected chi connectivity index (χ2v) is 7.82. The van der Waals surface area contributed by atoms with Crippen molar-refractivity contribution in [3.63, 3.8) is 0 Å². The Bertz CT molecular complexity index is 970. The number of imidazole rings is 1. The third kappa shape index (κ3) is 6.51. The summed E-state index contributed by atoms with van der Waals surface area (Å²) in [6.45, 7) is 4.59. The maximum atomic E-state index is 13.3. The van der Waals surface area contributed by atoms with Crippen molar-refractivity contribution in [1.29, 1.82) is 0 Å². The second kappa shape index (κ2) is 8.32. The summed E-state index contributed by atoms with van der Waals surface area (Å²) in [7, 11) is 0. The van der Waals surface area contributed by atoms with Crippen molar-refractivity contribution in [3.8, 4) is 0 Å². The summed E-state index contributed by atoms with van der Waals surface area (Å²) < 4.78 is 84.6. The average molecular weight is 455 g/mol. The van der Waals surface area contributed by atoms with Gasteiger partial charge < -0.3 is 19.6 Å². The lowest BCUT2D eigenvalue weighted by atomic mass is 10.0. The number of hydrogen-bond donors (Lipinski definition) is 2. The van der Waals surface area contributed by atoms with Crippen LogP contribution in [0.25, 0.3) is 0 Å². The number of rotatable bonds is 4. The molecule has 2 N–H and O–H groups in total. The molecule has 0 saturated heterocycles. The van der Waals surface area contributed by atoms with Gasteiger partial charge in [0, 0.05) is 6.20 Å². The van der Waals surface area contributed by atoms with E-state index in [2.05, 4.69) is 10.3 Å². The minimum absolute atomic E-state index is 0.0370. The number of amides is 1. The van der Waals surface area contributed by atoms with Crippen molar-refractivity contribution in [2.75, 3.05) is 0 Å². The first-order chi connectivity index (χ1) is 13.6. The number of nitrogens with zero attached hydrogens (tertiary/aromatic N) is 1. The predicted molar refractivity (Wildman–Crippen MR) is 98.2 cm³/mol. The second-order valence-electron chi connectivity index (χ2n) is 7.44. The molecular weight excluding hydrogens is 436 g/mol. The lowest BCUT2D eigenvalue weighted by molar-refractivity contribution is -0.143. The van der Waals surface area contributed by atoms with Gasteiger partial charge in [-0.2, -0.15) is 26.3 Å². The number of H-pyrrole nitrogens is 1. The molecule has 0 aliphatic heterocycles. The van der Waals surface area contributed by atoms with Gasteiger partial charge in [-0.25, -0.2) is 4.79 Å². The normalized spacial score (nSPS) is 12.7. The van der Waals surface area contributed by atoms with Gasteiger partial charge in [0.1, 0.15) is 5.60 Å². The Kier molecular flexibility index (Phi) is 6.60. The van der Waals surface area contributed by atoms with Crippen molar-refractivity contribution >= 4 is 18.3 Å². The molecule has 0 atom stereocenters. The molecule has 0 saturated carbocycles. The average Bonchev–Trinajstić information content (AvgIpc) is 2.89. The summed E-state index contributed by atoms with van der Waals surface area (Å²) in [5.41, 5.74) is -3.49. The number of aromatic amines is 1. The van der Waals surface area contributed by atoms with Crippen molar-refractivity contribution in [2.45, 2.75) is 51.8 Å². The summed E-state index contributed by atoms with van der Waals surface area (Å²) >= 11 is 5.06. The van der Waals surface area contributed by atoms with E-state index in [-0.39, 0.29) is 22.9 Å². The molecule has 0 spiro atoms. The number of carbonyl (C=O) groups is 1. The van der Waals surface area contributed by atoms with Crippen molar-refractivity contribution in [2.24, 2.45) is 0 Å². The van der Waals surface area contributed by atoms with E-state index in [1.54, 1.807) is 20.8 Å². The molecule has 166 valence electrons. The van der Waals surface area contributed by atoms with Crippen molar-refractivity contribution in [3.05, 3.63) is 51.6 Å². The molecule has 1 aromatic carbocycles. The molecule has 0 fully saturated rings. The lowest BCUT2D eigenvalue weighted by Gasteiger charge is -2.19. The summed E-state index contributed by atoms with van der Waals surface area (Å²) in [4.78, 5) is 14.4. The molecule has 12 heteroatoms. The number of aromatic nitrogens is 2. The van der Waals surface area contributed by atoms with Gasteiger partial charge in [0.25, 0.3) is 0 Å². The maximum Gasteiger partial charge on any atom is 0.416 e. The first kappa shape index (κ1) is 23.8. The van der Waals surface area contributed by atoms with E-state index >= 15 is 0 Å². The number of benzene rings is 1. The van der Waals surface area contributed by atoms with E-state index in [0.29, 0.717) is 11.8 Å². The van der Waals surface area contributed by atoms with E-state index in [4.69, 9.17) is 17.0 Å². The predicted octanol–water partition coefficient (Wildman–Crippen LogP) is 5.66. The molecule has 2 aromatic rings. The van der Waals surface area contributed by atoms with E-state index in [1.807, 2.05) is 0 Å². The van der Waals surface area contributed by atoms with Crippen LogP contribution in [-0.2, 0) is 30.2 Å². The van der Waals surface area contributed by atoms with Gasteiger partial charge >= 0.3 is 18.4 Å². The first-order valence-corrected chi connectivity index (χ1v) is 8.99. The Hall–Kier alpha value is -2.50. The Morgan fingerprint density at radius 1 is 1.13 bits per heavy atom. The fourth-order valence-electron chi connectivity index (χ4n) is 2.52. The van der Waals surface area contributed by atoms with Crippen molar-refractivity contribution < 1.29 is 35.9 Å². The highest BCUT2D eigenvalue weighted by atomic mass is 32.1. The molecule has 0 bridgehead atoms. The van der Waals surface area contributed by atoms with Crippen LogP contribution in [0.3, 0.4) is 0 Å². The van der Waals surface area contributed by atoms with E-state index in [0.717, 1.165) is 6.07 Å². The van der Waals surface area contributed by atoms with Crippen LogP contribution in [0.5, 0.6) is 0 Å². The monoisotopic (exact) mass is 455 g/mol. The highest BCUT2D eigenvalue weighted by molar-refractivity contribution is 7.71. The molecule has 0 radical (unpaired) electrons. The SMILES string of the molecule is CC(C)(C)OC(=O)NCc1cn(Cc2ccc(C(F)(F)F)cc2C(F)(F)F)c(=S)[nH]1. The van der Waals surface area contributed by atoms with Crippen LogP contribution in [0.1, 0.15) is 43.2 Å². The third-order valence-electron chi connectivity index (χ3n) is 3.75. The maximum absolute atomic E-state index is 13.3. The van der Waals surface area contributed by atoms with E-state index in [1.165, 1.54) is 10.8 Å². The van der Waals surface area contributed by atoms with Crippen molar-refractivity contribution in [1.82, 2.24) is 14.9 Å². The number of carbonyl (C=O) groups excluding carboxylic acids is 1. The summed E-state index contributed by atoms with van der Waals surface area (Å²) in [6.07, 6.45) is -9.20. The molecule has 30 heavy (non-hydrogen) atoms. The van der Waals surface area contributed by atoms with E-state index < -0.39 is 41.7 Å². The van der Waals surface area contributed by atoms with Gasteiger partial charge in [-0.05, 0) is 50.7 Å². The number of alkyl halides is 6. The van der Waals surface area contributed by atoms with Crippen LogP contribution in [0.2, 0.25) is 0 Å². The first-order valence-electron chi connectivity index (χ1n) is 8.59. The van der Waals surface area contributed by atoms with Crippen LogP contribution in [0.15, 0.2) is 24.4 Å². The fourth-order valence-corrected chi connectivity index (χ4v) is 2.76. The fraction of sp³-hybridized carbons (Fsp3) is 0.444. The Morgan fingerprint density at radius 2 is 1.77 bits per heavy atom. The number of nitrogens with one attached hydrogen (secondary N) is 2. The Labute approximate surface area is 173 Å². The number of halogens is 6. The standard InChI is InChI=1S/C18H19F6N3O2S/c1-16(2,3)29-15(28)25-7-12-9-27(14(30)26-12)8-10-4-5-11(17(19,20)21)6-13(10)18(22,23)24/h4-6,9H,7-8H2,1-3H3,(H,25,28)(H,26,30). The van der Waals surface area contributed by atoms with Crippen LogP contribution >= 0.6 is 12.2 Å². The van der Waals surface area contributed by atoms with Gasteiger partial charge in [-0.3, -0.25) is 0 Å². The molecule has 2 rings (SSSR count). The number of alkyl carbamates (subject to hydrolysis) is 1. The van der Waals surface area contributed by atoms with Gasteiger partial charge in [-0.15, -0.1) is 0 Å². The topological polar surface area (TPSA) is 59.0 Å². The number of hydrogen-bond acceptors (Lipinski definition) is 3. The van der Waals surface area contributed by atoms with Crippen LogP contribution in [0.4, 0.5) is 31.1 Å². The smallest absolute Gasteiger partial charge is 0.416 e. The minimum atomic E-state index is -4.98. The van der Waals surface area contributed by atoms with Gasteiger partial charge in [-0.1, -0.05) is 6.07 Å². The quantitative estimate of drug-likeness (QED) is 0.462. The summed E-state index contributed by atoms with van der Waals surface area (Å²) in [5, 5.41) is 2.46. The number of ether oxygens (including phenoxy) is 1. The zero-order valence-electron chi connectivity index (χ0n) is 16.2. The van der Waals surface area contributed by atoms with Gasteiger partial charge in [0.2, 0.25) is 0 Å². The Balaban J connectivity index is 2.23. The Morgan fingerprint density at radius 3 is 2.30 bits per heavy atom.